The highest BCUT2D eigenvalue weighted by molar-refractivity contribution is 6.00. The molecule has 0 aromatic carbocycles. The molecule has 2 rings (SSSR count). The molecule has 0 atom stereocenters. The maximum absolute atomic E-state index is 11.7. The summed E-state index contributed by atoms with van der Waals surface area (Å²) in [6.07, 6.45) is 5.47. The molecule has 0 unspecified atom stereocenters. The number of nitrogens with zero attached hydrogens (tertiary/aromatic N) is 3. The van der Waals surface area contributed by atoms with E-state index < -0.39 is 5.97 Å². The highest BCUT2D eigenvalue weighted by Crippen LogP contribution is 2.14. The summed E-state index contributed by atoms with van der Waals surface area (Å²) in [5, 5.41) is 13.9. The summed E-state index contributed by atoms with van der Waals surface area (Å²) in [6.45, 7) is 2.26. The lowest BCUT2D eigenvalue weighted by atomic mass is 10.2. The molecule has 1 amide bonds. The highest BCUT2D eigenvalue weighted by Gasteiger charge is 2.25. The fourth-order valence-electron chi connectivity index (χ4n) is 1.66. The van der Waals surface area contributed by atoms with Gasteiger partial charge in [-0.05, 0) is 18.6 Å². The molecule has 0 saturated heterocycles. The van der Waals surface area contributed by atoms with Gasteiger partial charge >= 0.3 is 5.97 Å². The molecular formula is C11H13N3O3. The van der Waals surface area contributed by atoms with Crippen molar-refractivity contribution in [3.8, 4) is 0 Å². The molecule has 0 aromatic rings. The molecule has 90 valence electrons. The molecule has 2 heterocycles. The Morgan fingerprint density at radius 1 is 1.53 bits per heavy atom. The molecule has 6 nitrogen and oxygen atoms in total. The van der Waals surface area contributed by atoms with Crippen LogP contribution in [0.2, 0.25) is 0 Å². The molecule has 0 bridgehead atoms. The Morgan fingerprint density at radius 2 is 2.29 bits per heavy atom. The van der Waals surface area contributed by atoms with Crippen molar-refractivity contribution >= 4 is 17.7 Å². The number of aliphatic carboxylic acids is 1. The minimum absolute atomic E-state index is 0.0961. The van der Waals surface area contributed by atoms with Crippen molar-refractivity contribution in [2.45, 2.75) is 13.3 Å². The number of carbonyl (C=O) groups is 2. The van der Waals surface area contributed by atoms with E-state index in [1.807, 2.05) is 25.3 Å². The third-order valence-electron chi connectivity index (χ3n) is 2.50. The summed E-state index contributed by atoms with van der Waals surface area (Å²) in [5.41, 5.74) is 1.05. The van der Waals surface area contributed by atoms with Crippen molar-refractivity contribution in [3.63, 3.8) is 0 Å². The Labute approximate surface area is 98.5 Å². The van der Waals surface area contributed by atoms with E-state index in [-0.39, 0.29) is 25.4 Å². The second-order valence-electron chi connectivity index (χ2n) is 3.95. The van der Waals surface area contributed by atoms with Gasteiger partial charge in [0.05, 0.1) is 13.0 Å². The van der Waals surface area contributed by atoms with Crippen LogP contribution in [0.1, 0.15) is 13.3 Å². The average molecular weight is 235 g/mol. The number of hydrazone groups is 1. The average Bonchev–Trinajstić information content (AvgIpc) is 2.26. The number of amides is 1. The lowest BCUT2D eigenvalue weighted by Gasteiger charge is -2.31. The number of allylic oxidation sites excluding steroid dienone is 2. The Bertz CT molecular complexity index is 451. The summed E-state index contributed by atoms with van der Waals surface area (Å²) in [7, 11) is 0. The smallest absolute Gasteiger partial charge is 0.305 e. The van der Waals surface area contributed by atoms with Gasteiger partial charge in [-0.15, -0.1) is 0 Å². The Balaban J connectivity index is 2.12. The Kier molecular flexibility index (Phi) is 2.95. The molecule has 0 aliphatic carbocycles. The van der Waals surface area contributed by atoms with Gasteiger partial charge in [0.15, 0.2) is 5.84 Å². The van der Waals surface area contributed by atoms with Gasteiger partial charge in [-0.2, -0.15) is 5.10 Å². The number of hydrogen-bond donors (Lipinski definition) is 1. The summed E-state index contributed by atoms with van der Waals surface area (Å²) >= 11 is 0. The SMILES string of the molecule is CC1=CN2CC(=O)N(CCC(=O)O)N=C2C=C1. The van der Waals surface area contributed by atoms with Crippen molar-refractivity contribution < 1.29 is 14.7 Å². The first-order valence-corrected chi connectivity index (χ1v) is 5.30. The van der Waals surface area contributed by atoms with Gasteiger partial charge in [-0.3, -0.25) is 9.59 Å². The lowest BCUT2D eigenvalue weighted by molar-refractivity contribution is -0.138. The van der Waals surface area contributed by atoms with Crippen LogP contribution in [-0.4, -0.2) is 45.8 Å². The zero-order valence-corrected chi connectivity index (χ0v) is 9.46. The summed E-state index contributed by atoms with van der Waals surface area (Å²) in [6, 6.07) is 0. The van der Waals surface area contributed by atoms with Crippen LogP contribution in [0.15, 0.2) is 29.0 Å². The molecule has 6 heteroatoms. The van der Waals surface area contributed by atoms with E-state index in [4.69, 9.17) is 5.11 Å². The zero-order valence-electron chi connectivity index (χ0n) is 9.46. The van der Waals surface area contributed by atoms with Crippen LogP contribution in [-0.2, 0) is 9.59 Å². The van der Waals surface area contributed by atoms with Crippen LogP contribution in [0.4, 0.5) is 0 Å². The quantitative estimate of drug-likeness (QED) is 0.768. The molecule has 0 radical (unpaired) electrons. The molecule has 1 N–H and O–H groups in total. The topological polar surface area (TPSA) is 73.2 Å². The lowest BCUT2D eigenvalue weighted by Crippen LogP contribution is -2.45. The number of amidine groups is 1. The van der Waals surface area contributed by atoms with E-state index in [0.29, 0.717) is 5.84 Å². The van der Waals surface area contributed by atoms with E-state index in [1.54, 1.807) is 4.90 Å². The third-order valence-corrected chi connectivity index (χ3v) is 2.50. The second-order valence-corrected chi connectivity index (χ2v) is 3.95. The normalized spacial score (nSPS) is 18.8. The van der Waals surface area contributed by atoms with Crippen molar-refractivity contribution in [1.29, 1.82) is 0 Å². The second kappa shape index (κ2) is 4.40. The van der Waals surface area contributed by atoms with Gasteiger partial charge in [-0.25, -0.2) is 5.01 Å². The van der Waals surface area contributed by atoms with E-state index in [0.717, 1.165) is 5.57 Å². The minimum Gasteiger partial charge on any atom is -0.481 e. The molecule has 0 fully saturated rings. The van der Waals surface area contributed by atoms with Gasteiger partial charge in [0.2, 0.25) is 0 Å². The van der Waals surface area contributed by atoms with Crippen LogP contribution in [0.25, 0.3) is 0 Å². The first-order valence-electron chi connectivity index (χ1n) is 5.30. The Morgan fingerprint density at radius 3 is 3.00 bits per heavy atom. The van der Waals surface area contributed by atoms with Gasteiger partial charge < -0.3 is 10.0 Å². The summed E-state index contributed by atoms with van der Waals surface area (Å²) in [5.74, 6) is -0.453. The maximum Gasteiger partial charge on any atom is 0.305 e. The van der Waals surface area contributed by atoms with E-state index in [9.17, 15) is 9.59 Å². The number of carboxylic acids is 1. The monoisotopic (exact) mass is 235 g/mol. The molecule has 2 aliphatic rings. The molecular weight excluding hydrogens is 222 g/mol. The first-order chi connectivity index (χ1) is 8.06. The fraction of sp³-hybridized carbons (Fsp3) is 0.364. The Hall–Kier alpha value is -2.11. The van der Waals surface area contributed by atoms with Gasteiger partial charge in [0.1, 0.15) is 6.54 Å². The number of hydrogen-bond acceptors (Lipinski definition) is 4. The molecule has 17 heavy (non-hydrogen) atoms. The number of carbonyl (C=O) groups excluding carboxylic acids is 1. The zero-order chi connectivity index (χ0) is 12.4. The summed E-state index contributed by atoms with van der Waals surface area (Å²) in [4.78, 5) is 23.9. The van der Waals surface area contributed by atoms with Crippen LogP contribution >= 0.6 is 0 Å². The van der Waals surface area contributed by atoms with Crippen molar-refractivity contribution in [3.05, 3.63) is 23.9 Å². The van der Waals surface area contributed by atoms with Crippen LogP contribution in [0, 0.1) is 0 Å². The van der Waals surface area contributed by atoms with E-state index in [1.165, 1.54) is 5.01 Å². The van der Waals surface area contributed by atoms with Crippen LogP contribution < -0.4 is 0 Å². The molecule has 0 spiro atoms. The van der Waals surface area contributed by atoms with E-state index >= 15 is 0 Å². The third kappa shape index (κ3) is 2.52. The number of rotatable bonds is 3. The first kappa shape index (κ1) is 11.4. The predicted molar refractivity (Wildman–Crippen MR) is 61.0 cm³/mol. The highest BCUT2D eigenvalue weighted by atomic mass is 16.4. The molecule has 0 saturated carbocycles. The van der Waals surface area contributed by atoms with Crippen LogP contribution in [0.3, 0.4) is 0 Å². The standard InChI is InChI=1S/C11H13N3O3/c1-8-2-3-9-12-14(5-4-11(16)17)10(15)7-13(9)6-8/h2-3,6H,4-5,7H2,1H3,(H,16,17). The minimum atomic E-state index is -0.935. The fourth-order valence-corrected chi connectivity index (χ4v) is 1.66. The van der Waals surface area contributed by atoms with Crippen LogP contribution in [0.5, 0.6) is 0 Å². The van der Waals surface area contributed by atoms with Crippen molar-refractivity contribution in [1.82, 2.24) is 9.91 Å². The van der Waals surface area contributed by atoms with Gasteiger partial charge in [0, 0.05) is 6.20 Å². The number of carboxylic acid groups (broad SMARTS) is 1. The maximum atomic E-state index is 11.7. The van der Waals surface area contributed by atoms with Crippen molar-refractivity contribution in [2.24, 2.45) is 5.10 Å². The van der Waals surface area contributed by atoms with Gasteiger partial charge in [0.25, 0.3) is 5.91 Å². The predicted octanol–water partition coefficient (Wildman–Crippen LogP) is 0.392. The van der Waals surface area contributed by atoms with E-state index in [2.05, 4.69) is 5.10 Å². The summed E-state index contributed by atoms with van der Waals surface area (Å²) < 4.78 is 0. The molecule has 2 aliphatic heterocycles. The van der Waals surface area contributed by atoms with Crippen molar-refractivity contribution in [2.75, 3.05) is 13.1 Å². The molecule has 0 aromatic heterocycles. The number of fused-ring (bicyclic) bond motifs is 1. The van der Waals surface area contributed by atoms with Gasteiger partial charge in [-0.1, -0.05) is 6.08 Å². The largest absolute Gasteiger partial charge is 0.481 e.